The third-order valence-corrected chi connectivity index (χ3v) is 5.58. The molecule has 3 rings (SSSR count). The van der Waals surface area contributed by atoms with Gasteiger partial charge in [0.25, 0.3) is 0 Å². The number of hydrogen-bond acceptors (Lipinski definition) is 4. The summed E-state index contributed by atoms with van der Waals surface area (Å²) in [4.78, 5) is 17.3. The first-order valence-electron chi connectivity index (χ1n) is 8.32. The van der Waals surface area contributed by atoms with E-state index in [0.29, 0.717) is 18.8 Å². The van der Waals surface area contributed by atoms with Crippen molar-refractivity contribution in [2.45, 2.75) is 4.90 Å². The van der Waals surface area contributed by atoms with E-state index >= 15 is 0 Å². The molecule has 1 aliphatic heterocycles. The summed E-state index contributed by atoms with van der Waals surface area (Å²) < 4.78 is 18.6. The number of benzene rings is 2. The van der Waals surface area contributed by atoms with E-state index in [4.69, 9.17) is 16.3 Å². The number of carbonyl (C=O) groups excluding carboxylic acids is 1. The molecule has 0 saturated carbocycles. The van der Waals surface area contributed by atoms with Gasteiger partial charge >= 0.3 is 0 Å². The predicted octanol–water partition coefficient (Wildman–Crippen LogP) is 3.93. The first kappa shape index (κ1) is 18.9. The molecular formula is C19H20ClFN2O2S. The minimum absolute atomic E-state index is 0.0767. The van der Waals surface area contributed by atoms with E-state index in [1.807, 2.05) is 29.2 Å². The van der Waals surface area contributed by atoms with Gasteiger partial charge in [-0.3, -0.25) is 4.79 Å². The number of rotatable bonds is 5. The van der Waals surface area contributed by atoms with Crippen molar-refractivity contribution in [3.8, 4) is 5.75 Å². The van der Waals surface area contributed by atoms with E-state index in [2.05, 4.69) is 4.90 Å². The zero-order valence-electron chi connectivity index (χ0n) is 14.5. The van der Waals surface area contributed by atoms with Gasteiger partial charge in [-0.15, -0.1) is 11.8 Å². The molecule has 0 bridgehead atoms. The first-order chi connectivity index (χ1) is 12.6. The summed E-state index contributed by atoms with van der Waals surface area (Å²) in [7, 11) is 1.66. The number of amides is 1. The lowest BCUT2D eigenvalue weighted by atomic mass is 10.2. The number of anilines is 1. The Morgan fingerprint density at radius 1 is 1.19 bits per heavy atom. The molecule has 0 unspecified atom stereocenters. The molecule has 4 nitrogen and oxygen atoms in total. The molecule has 1 fully saturated rings. The third-order valence-electron chi connectivity index (χ3n) is 4.31. The van der Waals surface area contributed by atoms with Crippen molar-refractivity contribution < 1.29 is 13.9 Å². The summed E-state index contributed by atoms with van der Waals surface area (Å²) in [5.74, 6) is 0.789. The maximum atomic E-state index is 13.2. The average molecular weight is 395 g/mol. The molecule has 138 valence electrons. The molecule has 1 aliphatic rings. The van der Waals surface area contributed by atoms with Crippen LogP contribution in [-0.4, -0.2) is 49.8 Å². The van der Waals surface area contributed by atoms with Crippen LogP contribution >= 0.6 is 23.4 Å². The van der Waals surface area contributed by atoms with Gasteiger partial charge in [-0.1, -0.05) is 23.7 Å². The molecule has 0 spiro atoms. The van der Waals surface area contributed by atoms with E-state index in [0.717, 1.165) is 29.4 Å². The third kappa shape index (κ3) is 4.43. The highest BCUT2D eigenvalue weighted by Crippen LogP contribution is 2.29. The number of ether oxygens (including phenoxy) is 1. The molecule has 2 aromatic rings. The number of carbonyl (C=O) groups is 1. The maximum absolute atomic E-state index is 13.2. The average Bonchev–Trinajstić information content (AvgIpc) is 2.68. The highest BCUT2D eigenvalue weighted by atomic mass is 35.5. The van der Waals surface area contributed by atoms with Gasteiger partial charge in [-0.25, -0.2) is 4.39 Å². The fourth-order valence-corrected chi connectivity index (χ4v) is 3.97. The van der Waals surface area contributed by atoms with Crippen LogP contribution in [0.3, 0.4) is 0 Å². The molecule has 7 heteroatoms. The molecule has 1 saturated heterocycles. The van der Waals surface area contributed by atoms with Gasteiger partial charge in [0.2, 0.25) is 5.91 Å². The lowest BCUT2D eigenvalue weighted by Gasteiger charge is -2.36. The monoisotopic (exact) mass is 394 g/mol. The smallest absolute Gasteiger partial charge is 0.233 e. The number of halogens is 2. The summed E-state index contributed by atoms with van der Waals surface area (Å²) in [5, 5.41) is 0.0767. The molecule has 2 aromatic carbocycles. The highest BCUT2D eigenvalue weighted by molar-refractivity contribution is 8.00. The van der Waals surface area contributed by atoms with Gasteiger partial charge < -0.3 is 14.5 Å². The van der Waals surface area contributed by atoms with Crippen molar-refractivity contribution in [1.29, 1.82) is 0 Å². The van der Waals surface area contributed by atoms with Crippen LogP contribution in [0, 0.1) is 5.82 Å². The maximum Gasteiger partial charge on any atom is 0.233 e. The highest BCUT2D eigenvalue weighted by Gasteiger charge is 2.22. The second-order valence-corrected chi connectivity index (χ2v) is 7.36. The Morgan fingerprint density at radius 3 is 2.62 bits per heavy atom. The molecule has 0 aromatic heterocycles. The van der Waals surface area contributed by atoms with Gasteiger partial charge in [0.15, 0.2) is 0 Å². The topological polar surface area (TPSA) is 32.8 Å². The van der Waals surface area contributed by atoms with Crippen LogP contribution in [-0.2, 0) is 4.79 Å². The Hall–Kier alpha value is -1.92. The van der Waals surface area contributed by atoms with Crippen LogP contribution in [0.1, 0.15) is 0 Å². The van der Waals surface area contributed by atoms with Gasteiger partial charge in [-0.05, 0) is 30.3 Å². The van der Waals surface area contributed by atoms with Crippen molar-refractivity contribution in [3.63, 3.8) is 0 Å². The Morgan fingerprint density at radius 2 is 1.92 bits per heavy atom. The van der Waals surface area contributed by atoms with Crippen LogP contribution in [0.2, 0.25) is 5.02 Å². The molecule has 1 heterocycles. The van der Waals surface area contributed by atoms with Gasteiger partial charge in [0, 0.05) is 31.1 Å². The number of para-hydroxylation sites is 2. The number of nitrogens with zero attached hydrogens (tertiary/aromatic N) is 2. The predicted molar refractivity (Wildman–Crippen MR) is 104 cm³/mol. The fourth-order valence-electron chi connectivity index (χ4n) is 2.89. The lowest BCUT2D eigenvalue weighted by Crippen LogP contribution is -2.49. The largest absolute Gasteiger partial charge is 0.495 e. The normalized spacial score (nSPS) is 14.4. The van der Waals surface area contributed by atoms with Crippen LogP contribution in [0.5, 0.6) is 5.75 Å². The standard InChI is InChI=1S/C19H20ClFN2O2S/c1-25-18-5-3-2-4-17(18)22-8-10-23(11-9-22)19(24)13-26-14-6-7-16(21)15(20)12-14/h2-7,12H,8-11,13H2,1H3. The Labute approximate surface area is 161 Å². The fraction of sp³-hybridized carbons (Fsp3) is 0.316. The zero-order chi connectivity index (χ0) is 18.5. The first-order valence-corrected chi connectivity index (χ1v) is 9.68. The van der Waals surface area contributed by atoms with Crippen LogP contribution in [0.25, 0.3) is 0 Å². The van der Waals surface area contributed by atoms with E-state index < -0.39 is 5.82 Å². The summed E-state index contributed by atoms with van der Waals surface area (Å²) in [6, 6.07) is 12.4. The van der Waals surface area contributed by atoms with Gasteiger partial charge in [0.05, 0.1) is 23.6 Å². The summed E-state index contributed by atoms with van der Waals surface area (Å²) in [6.07, 6.45) is 0. The molecule has 1 amide bonds. The van der Waals surface area contributed by atoms with Gasteiger partial charge in [-0.2, -0.15) is 0 Å². The Bertz CT molecular complexity index is 782. The van der Waals surface area contributed by atoms with Crippen molar-refractivity contribution in [1.82, 2.24) is 4.90 Å². The minimum Gasteiger partial charge on any atom is -0.495 e. The number of piperazine rings is 1. The van der Waals surface area contributed by atoms with Gasteiger partial charge in [0.1, 0.15) is 11.6 Å². The quantitative estimate of drug-likeness (QED) is 0.719. The van der Waals surface area contributed by atoms with Crippen molar-refractivity contribution >= 4 is 35.0 Å². The van der Waals surface area contributed by atoms with Crippen molar-refractivity contribution in [2.24, 2.45) is 0 Å². The SMILES string of the molecule is COc1ccccc1N1CCN(C(=O)CSc2ccc(F)c(Cl)c2)CC1. The summed E-state index contributed by atoms with van der Waals surface area (Å²) >= 11 is 7.15. The van der Waals surface area contributed by atoms with E-state index in [-0.39, 0.29) is 10.9 Å². The molecule has 26 heavy (non-hydrogen) atoms. The summed E-state index contributed by atoms with van der Waals surface area (Å²) in [6.45, 7) is 2.86. The molecule has 0 N–H and O–H groups in total. The Balaban J connectivity index is 1.52. The van der Waals surface area contributed by atoms with E-state index in [1.54, 1.807) is 19.2 Å². The molecular weight excluding hydrogens is 375 g/mol. The molecule has 0 radical (unpaired) electrons. The lowest BCUT2D eigenvalue weighted by molar-refractivity contribution is -0.128. The number of thioether (sulfide) groups is 1. The van der Waals surface area contributed by atoms with Crippen molar-refractivity contribution in [2.75, 3.05) is 43.9 Å². The van der Waals surface area contributed by atoms with E-state index in [1.165, 1.54) is 17.8 Å². The zero-order valence-corrected chi connectivity index (χ0v) is 16.0. The van der Waals surface area contributed by atoms with Crippen molar-refractivity contribution in [3.05, 3.63) is 53.3 Å². The summed E-state index contributed by atoms with van der Waals surface area (Å²) in [5.41, 5.74) is 1.05. The number of hydrogen-bond donors (Lipinski definition) is 0. The number of methoxy groups -OCH3 is 1. The molecule has 0 atom stereocenters. The minimum atomic E-state index is -0.449. The Kier molecular flexibility index (Phi) is 6.27. The molecule has 0 aliphatic carbocycles. The van der Waals surface area contributed by atoms with Crippen LogP contribution < -0.4 is 9.64 Å². The van der Waals surface area contributed by atoms with Crippen LogP contribution in [0.4, 0.5) is 10.1 Å². The second-order valence-electron chi connectivity index (χ2n) is 5.90. The van der Waals surface area contributed by atoms with Crippen LogP contribution in [0.15, 0.2) is 47.4 Å². The second kappa shape index (κ2) is 8.64. The van der Waals surface area contributed by atoms with E-state index in [9.17, 15) is 9.18 Å².